The molecule has 0 atom stereocenters. The first kappa shape index (κ1) is 21.0. The van der Waals surface area contributed by atoms with E-state index < -0.39 is 0 Å². The molecule has 1 heterocycles. The zero-order valence-electron chi connectivity index (χ0n) is 16.8. The minimum absolute atomic E-state index is 0.0803. The van der Waals surface area contributed by atoms with Crippen molar-refractivity contribution in [3.63, 3.8) is 0 Å². The van der Waals surface area contributed by atoms with Crippen molar-refractivity contribution in [2.24, 2.45) is 0 Å². The van der Waals surface area contributed by atoms with Crippen molar-refractivity contribution in [1.82, 2.24) is 9.55 Å². The maximum Gasteiger partial charge on any atom is 0.234 e. The van der Waals surface area contributed by atoms with Gasteiger partial charge in [-0.3, -0.25) is 4.79 Å². The third kappa shape index (κ3) is 5.85. The van der Waals surface area contributed by atoms with Crippen molar-refractivity contribution in [1.29, 1.82) is 0 Å². The SMILES string of the molecule is COCCn1c(SCC(=O)Nc2ccc(Oc3ccccc3)cc2)nc(C)c1C. The number of methoxy groups -OCH3 is 1. The fraction of sp³-hybridized carbons (Fsp3) is 0.273. The van der Waals surface area contributed by atoms with Gasteiger partial charge < -0.3 is 19.4 Å². The molecule has 0 radical (unpaired) electrons. The quantitative estimate of drug-likeness (QED) is 0.519. The lowest BCUT2D eigenvalue weighted by Crippen LogP contribution is -2.15. The standard InChI is InChI=1S/C22H25N3O3S/c1-16-17(2)25(13-14-27-3)22(23-16)29-15-21(26)24-18-9-11-20(12-10-18)28-19-7-5-4-6-8-19/h4-12H,13-15H2,1-3H3,(H,24,26). The minimum Gasteiger partial charge on any atom is -0.457 e. The number of para-hydroxylation sites is 1. The number of carbonyl (C=O) groups is 1. The van der Waals surface area contributed by atoms with Crippen LogP contribution in [0.15, 0.2) is 59.8 Å². The van der Waals surface area contributed by atoms with Crippen LogP contribution < -0.4 is 10.1 Å². The fourth-order valence-electron chi connectivity index (χ4n) is 2.74. The van der Waals surface area contributed by atoms with Crippen LogP contribution in [0.5, 0.6) is 11.5 Å². The predicted octanol–water partition coefficient (Wildman–Crippen LogP) is 4.67. The summed E-state index contributed by atoms with van der Waals surface area (Å²) in [5, 5.41) is 3.74. The van der Waals surface area contributed by atoms with Crippen LogP contribution >= 0.6 is 11.8 Å². The van der Waals surface area contributed by atoms with E-state index in [4.69, 9.17) is 9.47 Å². The number of ether oxygens (including phenoxy) is 2. The first-order chi connectivity index (χ1) is 14.1. The minimum atomic E-state index is -0.0803. The molecule has 29 heavy (non-hydrogen) atoms. The number of imidazole rings is 1. The molecule has 3 rings (SSSR count). The van der Waals surface area contributed by atoms with Crippen LogP contribution in [0.3, 0.4) is 0 Å². The first-order valence-electron chi connectivity index (χ1n) is 9.35. The van der Waals surface area contributed by atoms with Crippen LogP contribution in [0.25, 0.3) is 0 Å². The van der Waals surface area contributed by atoms with E-state index >= 15 is 0 Å². The molecule has 0 bridgehead atoms. The highest BCUT2D eigenvalue weighted by Crippen LogP contribution is 2.24. The van der Waals surface area contributed by atoms with Crippen molar-refractivity contribution in [2.75, 3.05) is 24.8 Å². The highest BCUT2D eigenvalue weighted by molar-refractivity contribution is 7.99. The highest BCUT2D eigenvalue weighted by atomic mass is 32.2. The zero-order chi connectivity index (χ0) is 20.6. The number of anilines is 1. The van der Waals surface area contributed by atoms with Gasteiger partial charge in [-0.2, -0.15) is 0 Å². The van der Waals surface area contributed by atoms with E-state index in [0.717, 1.165) is 40.3 Å². The average molecular weight is 412 g/mol. The Hall–Kier alpha value is -2.77. The number of aromatic nitrogens is 2. The normalized spacial score (nSPS) is 10.7. The molecule has 152 valence electrons. The van der Waals surface area contributed by atoms with Gasteiger partial charge in [-0.05, 0) is 50.2 Å². The van der Waals surface area contributed by atoms with Crippen LogP contribution in [0.4, 0.5) is 5.69 Å². The van der Waals surface area contributed by atoms with Crippen molar-refractivity contribution in [2.45, 2.75) is 25.5 Å². The lowest BCUT2D eigenvalue weighted by Gasteiger charge is -2.10. The van der Waals surface area contributed by atoms with Crippen LogP contribution in [0, 0.1) is 13.8 Å². The molecule has 1 aromatic heterocycles. The molecule has 0 fully saturated rings. The monoisotopic (exact) mass is 411 g/mol. The summed E-state index contributed by atoms with van der Waals surface area (Å²) in [5.74, 6) is 1.69. The second-order valence-corrected chi connectivity index (χ2v) is 7.43. The maximum absolute atomic E-state index is 12.4. The topological polar surface area (TPSA) is 65.4 Å². The lowest BCUT2D eigenvalue weighted by atomic mass is 10.3. The molecule has 0 aliphatic rings. The van der Waals surface area contributed by atoms with Gasteiger partial charge in [-0.25, -0.2) is 4.98 Å². The molecule has 0 aliphatic heterocycles. The Morgan fingerprint density at radius 3 is 2.45 bits per heavy atom. The summed E-state index contributed by atoms with van der Waals surface area (Å²) in [6, 6.07) is 16.9. The van der Waals surface area contributed by atoms with Crippen LogP contribution in [0.2, 0.25) is 0 Å². The number of aryl methyl sites for hydroxylation is 1. The van der Waals surface area contributed by atoms with Gasteiger partial charge in [-0.1, -0.05) is 30.0 Å². The molecule has 1 N–H and O–H groups in total. The Labute approximate surface area is 175 Å². The molecular formula is C22H25N3O3S. The van der Waals surface area contributed by atoms with Gasteiger partial charge in [-0.15, -0.1) is 0 Å². The molecule has 0 saturated heterocycles. The molecule has 0 saturated carbocycles. The molecule has 0 unspecified atom stereocenters. The van der Waals surface area contributed by atoms with E-state index in [2.05, 4.69) is 14.9 Å². The Kier molecular flexibility index (Phi) is 7.32. The summed E-state index contributed by atoms with van der Waals surface area (Å²) in [6.07, 6.45) is 0. The van der Waals surface area contributed by atoms with Gasteiger partial charge in [0.2, 0.25) is 5.91 Å². The van der Waals surface area contributed by atoms with E-state index in [1.54, 1.807) is 7.11 Å². The molecule has 0 aliphatic carbocycles. The van der Waals surface area contributed by atoms with Crippen molar-refractivity contribution >= 4 is 23.4 Å². The number of benzene rings is 2. The second kappa shape index (κ2) is 10.1. The number of amides is 1. The molecular weight excluding hydrogens is 386 g/mol. The highest BCUT2D eigenvalue weighted by Gasteiger charge is 2.13. The Morgan fingerprint density at radius 1 is 1.07 bits per heavy atom. The number of hydrogen-bond donors (Lipinski definition) is 1. The third-order valence-corrected chi connectivity index (χ3v) is 5.37. The number of carbonyl (C=O) groups excluding carboxylic acids is 1. The van der Waals surface area contributed by atoms with Gasteiger partial charge in [0.15, 0.2) is 5.16 Å². The second-order valence-electron chi connectivity index (χ2n) is 6.49. The number of thioether (sulfide) groups is 1. The van der Waals surface area contributed by atoms with Gasteiger partial charge in [0.25, 0.3) is 0 Å². The van der Waals surface area contributed by atoms with Gasteiger partial charge in [0, 0.05) is 25.0 Å². The van der Waals surface area contributed by atoms with Gasteiger partial charge in [0.1, 0.15) is 11.5 Å². The van der Waals surface area contributed by atoms with Gasteiger partial charge >= 0.3 is 0 Å². The number of rotatable bonds is 9. The van der Waals surface area contributed by atoms with Gasteiger partial charge in [0.05, 0.1) is 18.1 Å². The molecule has 7 heteroatoms. The first-order valence-corrected chi connectivity index (χ1v) is 10.3. The summed E-state index contributed by atoms with van der Waals surface area (Å²) in [4.78, 5) is 16.9. The van der Waals surface area contributed by atoms with E-state index in [0.29, 0.717) is 6.61 Å². The molecule has 2 aromatic carbocycles. The average Bonchev–Trinajstić information content (AvgIpc) is 3.00. The summed E-state index contributed by atoms with van der Waals surface area (Å²) in [7, 11) is 1.68. The number of hydrogen-bond acceptors (Lipinski definition) is 5. The number of nitrogens with one attached hydrogen (secondary N) is 1. The zero-order valence-corrected chi connectivity index (χ0v) is 17.7. The summed E-state index contributed by atoms with van der Waals surface area (Å²) < 4.78 is 13.0. The van der Waals surface area contributed by atoms with Crippen molar-refractivity contribution in [3.05, 3.63) is 66.0 Å². The van der Waals surface area contributed by atoms with Crippen LogP contribution in [-0.4, -0.2) is 34.9 Å². The Bertz CT molecular complexity index is 940. The van der Waals surface area contributed by atoms with E-state index in [9.17, 15) is 4.79 Å². The molecule has 0 spiro atoms. The van der Waals surface area contributed by atoms with Crippen molar-refractivity contribution in [3.8, 4) is 11.5 Å². The Morgan fingerprint density at radius 2 is 1.76 bits per heavy atom. The molecule has 3 aromatic rings. The van der Waals surface area contributed by atoms with E-state index in [-0.39, 0.29) is 11.7 Å². The van der Waals surface area contributed by atoms with E-state index in [1.165, 1.54) is 11.8 Å². The molecule has 1 amide bonds. The molecule has 6 nitrogen and oxygen atoms in total. The lowest BCUT2D eigenvalue weighted by molar-refractivity contribution is -0.113. The smallest absolute Gasteiger partial charge is 0.234 e. The predicted molar refractivity (Wildman–Crippen MR) is 116 cm³/mol. The number of nitrogens with zero attached hydrogens (tertiary/aromatic N) is 2. The summed E-state index contributed by atoms with van der Waals surface area (Å²) >= 11 is 1.42. The van der Waals surface area contributed by atoms with Crippen molar-refractivity contribution < 1.29 is 14.3 Å². The van der Waals surface area contributed by atoms with E-state index in [1.807, 2.05) is 68.4 Å². The summed E-state index contributed by atoms with van der Waals surface area (Å²) in [6.45, 7) is 5.33. The van der Waals surface area contributed by atoms with Crippen LogP contribution in [-0.2, 0) is 16.1 Å². The van der Waals surface area contributed by atoms with Crippen LogP contribution in [0.1, 0.15) is 11.4 Å². The largest absolute Gasteiger partial charge is 0.457 e. The maximum atomic E-state index is 12.4. The third-order valence-electron chi connectivity index (χ3n) is 4.39. The summed E-state index contributed by atoms with van der Waals surface area (Å²) in [5.41, 5.74) is 2.79. The fourth-order valence-corrected chi connectivity index (χ4v) is 3.66. The Balaban J connectivity index is 1.54.